The molecule has 1 unspecified atom stereocenters. The van der Waals surface area contributed by atoms with Gasteiger partial charge in [0, 0.05) is 49.2 Å². The van der Waals surface area contributed by atoms with Crippen LogP contribution in [0.2, 0.25) is 0 Å². The highest BCUT2D eigenvalue weighted by Gasteiger charge is 2.16. The van der Waals surface area contributed by atoms with Gasteiger partial charge in [0.05, 0.1) is 0 Å². The molecule has 1 saturated heterocycles. The number of hydrogen-bond donors (Lipinski definition) is 3. The van der Waals surface area contributed by atoms with E-state index in [0.717, 1.165) is 29.3 Å². The number of carbonyl (C=O) groups excluding carboxylic acids is 2. The minimum absolute atomic E-state index is 0.0204. The summed E-state index contributed by atoms with van der Waals surface area (Å²) >= 11 is 1.89. The monoisotopic (exact) mass is 349 g/mol. The Bertz CT molecular complexity index is 557. The van der Waals surface area contributed by atoms with E-state index in [1.54, 1.807) is 0 Å². The summed E-state index contributed by atoms with van der Waals surface area (Å²) in [6.45, 7) is 5.49. The first kappa shape index (κ1) is 18.8. The van der Waals surface area contributed by atoms with Gasteiger partial charge in [-0.2, -0.15) is 11.8 Å². The minimum Gasteiger partial charge on any atom is -0.352 e. The van der Waals surface area contributed by atoms with Gasteiger partial charge in [-0.15, -0.1) is 0 Å². The van der Waals surface area contributed by atoms with Crippen LogP contribution in [0, 0.1) is 5.92 Å². The molecule has 2 rings (SSSR count). The van der Waals surface area contributed by atoms with Gasteiger partial charge >= 0.3 is 0 Å². The second-order valence-electron chi connectivity index (χ2n) is 6.55. The number of benzene rings is 1. The standard InChI is InChI=1S/C18H27N3O2S/c1-13(2)8-18(23)21-15-5-3-4-14(9-15)11-20-17(22)10-16-12-24-7-6-19-16/h3-5,9,13,16,19H,6-8,10-12H2,1-2H3,(H,20,22)(H,21,23). The Labute approximate surface area is 148 Å². The van der Waals surface area contributed by atoms with E-state index >= 15 is 0 Å². The van der Waals surface area contributed by atoms with E-state index in [4.69, 9.17) is 0 Å². The molecule has 132 valence electrons. The predicted molar refractivity (Wildman–Crippen MR) is 100 cm³/mol. The van der Waals surface area contributed by atoms with Crippen LogP contribution in [-0.4, -0.2) is 35.9 Å². The van der Waals surface area contributed by atoms with E-state index in [-0.39, 0.29) is 17.9 Å². The smallest absolute Gasteiger partial charge is 0.224 e. The van der Waals surface area contributed by atoms with Crippen molar-refractivity contribution in [1.29, 1.82) is 0 Å². The lowest BCUT2D eigenvalue weighted by Gasteiger charge is -2.22. The van der Waals surface area contributed by atoms with Crippen LogP contribution in [0.1, 0.15) is 32.3 Å². The number of carbonyl (C=O) groups is 2. The fourth-order valence-electron chi connectivity index (χ4n) is 2.59. The van der Waals surface area contributed by atoms with Crippen LogP contribution in [0.25, 0.3) is 0 Å². The van der Waals surface area contributed by atoms with Crippen molar-refractivity contribution in [2.45, 2.75) is 39.3 Å². The normalized spacial score (nSPS) is 17.5. The molecule has 2 amide bonds. The molecule has 1 atom stereocenters. The van der Waals surface area contributed by atoms with E-state index in [0.29, 0.717) is 25.3 Å². The first-order valence-electron chi connectivity index (χ1n) is 8.49. The van der Waals surface area contributed by atoms with Crippen molar-refractivity contribution >= 4 is 29.3 Å². The topological polar surface area (TPSA) is 70.2 Å². The lowest BCUT2D eigenvalue weighted by Crippen LogP contribution is -2.41. The summed E-state index contributed by atoms with van der Waals surface area (Å²) in [6, 6.07) is 7.89. The van der Waals surface area contributed by atoms with Gasteiger partial charge in [-0.05, 0) is 23.6 Å². The third-order valence-electron chi connectivity index (χ3n) is 3.72. The molecule has 24 heavy (non-hydrogen) atoms. The molecule has 0 radical (unpaired) electrons. The summed E-state index contributed by atoms with van der Waals surface area (Å²) in [6.07, 6.45) is 1.02. The maximum atomic E-state index is 12.0. The first-order chi connectivity index (χ1) is 11.5. The lowest BCUT2D eigenvalue weighted by atomic mass is 10.1. The minimum atomic E-state index is 0.0204. The maximum absolute atomic E-state index is 12.0. The molecule has 0 spiro atoms. The van der Waals surface area contributed by atoms with E-state index in [1.807, 2.05) is 49.9 Å². The molecule has 5 nitrogen and oxygen atoms in total. The molecule has 1 heterocycles. The van der Waals surface area contributed by atoms with Crippen LogP contribution in [0.15, 0.2) is 24.3 Å². The molecule has 0 aliphatic carbocycles. The van der Waals surface area contributed by atoms with Crippen molar-refractivity contribution in [3.8, 4) is 0 Å². The molecule has 6 heteroatoms. The maximum Gasteiger partial charge on any atom is 0.224 e. The average molecular weight is 350 g/mol. The Morgan fingerprint density at radius 1 is 1.33 bits per heavy atom. The van der Waals surface area contributed by atoms with Crippen molar-refractivity contribution in [2.24, 2.45) is 5.92 Å². The molecule has 1 aliphatic heterocycles. The second-order valence-corrected chi connectivity index (χ2v) is 7.70. The molecular formula is C18H27N3O2S. The van der Waals surface area contributed by atoms with Crippen LogP contribution in [-0.2, 0) is 16.1 Å². The highest BCUT2D eigenvalue weighted by Crippen LogP contribution is 2.13. The number of anilines is 1. The zero-order valence-electron chi connectivity index (χ0n) is 14.4. The SMILES string of the molecule is CC(C)CC(=O)Nc1cccc(CNC(=O)CC2CSCCN2)c1. The lowest BCUT2D eigenvalue weighted by molar-refractivity contribution is -0.121. The second kappa shape index (κ2) is 9.69. The van der Waals surface area contributed by atoms with Crippen LogP contribution in [0.5, 0.6) is 0 Å². The quantitative estimate of drug-likeness (QED) is 0.707. The predicted octanol–water partition coefficient (Wildman–Crippen LogP) is 2.38. The summed E-state index contributed by atoms with van der Waals surface area (Å²) in [4.78, 5) is 23.9. The van der Waals surface area contributed by atoms with Crippen molar-refractivity contribution < 1.29 is 9.59 Å². The zero-order valence-corrected chi connectivity index (χ0v) is 15.2. The van der Waals surface area contributed by atoms with E-state index in [9.17, 15) is 9.59 Å². The van der Waals surface area contributed by atoms with Gasteiger partial charge in [0.1, 0.15) is 0 Å². The summed E-state index contributed by atoms with van der Waals surface area (Å²) in [5.41, 5.74) is 1.76. The molecule has 0 bridgehead atoms. The van der Waals surface area contributed by atoms with Crippen molar-refractivity contribution in [2.75, 3.05) is 23.4 Å². The fourth-order valence-corrected chi connectivity index (χ4v) is 3.54. The van der Waals surface area contributed by atoms with Gasteiger partial charge in [0.2, 0.25) is 11.8 Å². The van der Waals surface area contributed by atoms with Gasteiger partial charge in [0.25, 0.3) is 0 Å². The van der Waals surface area contributed by atoms with Crippen LogP contribution < -0.4 is 16.0 Å². The molecular weight excluding hydrogens is 322 g/mol. The molecule has 1 fully saturated rings. The first-order valence-corrected chi connectivity index (χ1v) is 9.65. The highest BCUT2D eigenvalue weighted by molar-refractivity contribution is 7.99. The number of nitrogens with one attached hydrogen (secondary N) is 3. The van der Waals surface area contributed by atoms with Crippen molar-refractivity contribution in [1.82, 2.24) is 10.6 Å². The summed E-state index contributed by atoms with van der Waals surface area (Å²) < 4.78 is 0. The van der Waals surface area contributed by atoms with Gasteiger partial charge in [-0.1, -0.05) is 26.0 Å². The number of amides is 2. The summed E-state index contributed by atoms with van der Waals surface area (Å²) in [7, 11) is 0. The van der Waals surface area contributed by atoms with Gasteiger partial charge in [-0.3, -0.25) is 9.59 Å². The zero-order chi connectivity index (χ0) is 17.4. The average Bonchev–Trinajstić information content (AvgIpc) is 2.53. The Balaban J connectivity index is 1.78. The molecule has 1 aromatic rings. The molecule has 1 aliphatic rings. The van der Waals surface area contributed by atoms with Crippen LogP contribution in [0.3, 0.4) is 0 Å². The van der Waals surface area contributed by atoms with Crippen molar-refractivity contribution in [3.63, 3.8) is 0 Å². The highest BCUT2D eigenvalue weighted by atomic mass is 32.2. The third-order valence-corrected chi connectivity index (χ3v) is 4.86. The summed E-state index contributed by atoms with van der Waals surface area (Å²) in [5, 5.41) is 9.23. The van der Waals surface area contributed by atoms with Crippen LogP contribution >= 0.6 is 11.8 Å². The Hall–Kier alpha value is -1.53. The number of thioether (sulfide) groups is 1. The van der Waals surface area contributed by atoms with E-state index < -0.39 is 0 Å². The van der Waals surface area contributed by atoms with Crippen molar-refractivity contribution in [3.05, 3.63) is 29.8 Å². The Kier molecular flexibility index (Phi) is 7.59. The van der Waals surface area contributed by atoms with E-state index in [1.165, 1.54) is 0 Å². The van der Waals surface area contributed by atoms with Gasteiger partial charge in [-0.25, -0.2) is 0 Å². The molecule has 3 N–H and O–H groups in total. The third kappa shape index (κ3) is 6.93. The Morgan fingerprint density at radius 2 is 2.17 bits per heavy atom. The fraction of sp³-hybridized carbons (Fsp3) is 0.556. The van der Waals surface area contributed by atoms with E-state index in [2.05, 4.69) is 16.0 Å². The Morgan fingerprint density at radius 3 is 2.88 bits per heavy atom. The van der Waals surface area contributed by atoms with Gasteiger partial charge < -0.3 is 16.0 Å². The number of hydrogen-bond acceptors (Lipinski definition) is 4. The van der Waals surface area contributed by atoms with Gasteiger partial charge in [0.15, 0.2) is 0 Å². The number of rotatable bonds is 7. The summed E-state index contributed by atoms with van der Waals surface area (Å²) in [5.74, 6) is 2.52. The molecule has 0 saturated carbocycles. The largest absolute Gasteiger partial charge is 0.352 e. The van der Waals surface area contributed by atoms with Crippen LogP contribution in [0.4, 0.5) is 5.69 Å². The molecule has 1 aromatic carbocycles. The molecule has 0 aromatic heterocycles.